The van der Waals surface area contributed by atoms with Gasteiger partial charge in [-0.15, -0.1) is 0 Å². The smallest absolute Gasteiger partial charge is 0.213 e. The monoisotopic (exact) mass is 439 g/mol. The molecule has 4 nitrogen and oxygen atoms in total. The fourth-order valence-corrected chi connectivity index (χ4v) is 4.13. The van der Waals surface area contributed by atoms with Crippen molar-refractivity contribution in [2.45, 2.75) is 18.7 Å². The van der Waals surface area contributed by atoms with Crippen LogP contribution in [0.15, 0.2) is 76.6 Å². The topological polar surface area (TPSA) is 37.7 Å². The highest BCUT2D eigenvalue weighted by molar-refractivity contribution is 9.10. The average molecular weight is 441 g/mol. The molecule has 0 radical (unpaired) electrons. The minimum absolute atomic E-state index is 0.120. The first kappa shape index (κ1) is 16.8. The summed E-state index contributed by atoms with van der Waals surface area (Å²) in [5.41, 5.74) is 4.29. The van der Waals surface area contributed by atoms with Crippen molar-refractivity contribution in [1.29, 1.82) is 0 Å². The Balaban J connectivity index is 1.60. The molecule has 0 amide bonds. The molecule has 2 aliphatic heterocycles. The maximum atomic E-state index is 6.34. The molecule has 27 heavy (non-hydrogen) atoms. The molecule has 0 N–H and O–H groups in total. The molecule has 0 aliphatic carbocycles. The summed E-state index contributed by atoms with van der Waals surface area (Å²) in [5, 5.41) is 7.73. The van der Waals surface area contributed by atoms with Gasteiger partial charge in [0.2, 0.25) is 6.23 Å². The van der Waals surface area contributed by atoms with E-state index in [9.17, 15) is 0 Å². The number of hydrazone groups is 1. The summed E-state index contributed by atoms with van der Waals surface area (Å²) >= 11 is 9.63. The molecule has 0 unspecified atom stereocenters. The first-order chi connectivity index (χ1) is 13.2. The van der Waals surface area contributed by atoms with E-state index in [0.29, 0.717) is 0 Å². The summed E-state index contributed by atoms with van der Waals surface area (Å²) in [6.45, 7) is 0. The van der Waals surface area contributed by atoms with Gasteiger partial charge < -0.3 is 4.74 Å². The van der Waals surface area contributed by atoms with Crippen molar-refractivity contribution in [3.05, 3.63) is 93.2 Å². The second kappa shape index (κ2) is 6.66. The highest BCUT2D eigenvalue weighted by Gasteiger charge is 2.41. The van der Waals surface area contributed by atoms with E-state index in [0.717, 1.165) is 44.1 Å². The lowest BCUT2D eigenvalue weighted by molar-refractivity contribution is -0.0191. The van der Waals surface area contributed by atoms with Gasteiger partial charge in [0.05, 0.1) is 11.8 Å². The number of benzene rings is 2. The zero-order chi connectivity index (χ0) is 18.4. The second-order valence-corrected chi connectivity index (χ2v) is 7.94. The number of ether oxygens (including phenoxy) is 1. The van der Waals surface area contributed by atoms with E-state index in [2.05, 4.69) is 32.0 Å². The molecule has 0 saturated carbocycles. The summed E-state index contributed by atoms with van der Waals surface area (Å²) in [7, 11) is 0. The predicted octanol–water partition coefficient (Wildman–Crippen LogP) is 5.74. The first-order valence-corrected chi connectivity index (χ1v) is 9.84. The number of pyridine rings is 1. The van der Waals surface area contributed by atoms with Crippen LogP contribution in [0.1, 0.15) is 35.4 Å². The molecule has 6 heteroatoms. The standard InChI is InChI=1S/C21H15BrClN3O/c22-15-3-6-20-17(11-15)19-12-18(13-1-4-16(23)5-2-13)25-26(19)21(27-20)14-7-9-24-10-8-14/h1-11,19,21H,12H2/t19-,21-/m1/s1. The lowest BCUT2D eigenvalue weighted by atomic mass is 9.96. The van der Waals surface area contributed by atoms with E-state index in [1.54, 1.807) is 12.4 Å². The van der Waals surface area contributed by atoms with Crippen LogP contribution in [0.5, 0.6) is 5.75 Å². The summed E-state index contributed by atoms with van der Waals surface area (Å²) in [6.07, 6.45) is 4.10. The lowest BCUT2D eigenvalue weighted by Gasteiger charge is -2.38. The number of hydrogen-bond donors (Lipinski definition) is 0. The SMILES string of the molecule is Clc1ccc(C2=NN3[C@H](C2)c2cc(Br)ccc2O[C@@H]3c2ccncc2)cc1. The van der Waals surface area contributed by atoms with E-state index in [4.69, 9.17) is 21.4 Å². The summed E-state index contributed by atoms with van der Waals surface area (Å²) in [6, 6.07) is 18.1. The Kier molecular flexibility index (Phi) is 4.14. The second-order valence-electron chi connectivity index (χ2n) is 6.59. The molecule has 0 spiro atoms. The number of rotatable bonds is 2. The molecule has 2 aliphatic rings. The van der Waals surface area contributed by atoms with E-state index in [-0.39, 0.29) is 12.3 Å². The van der Waals surface area contributed by atoms with Gasteiger partial charge in [0.15, 0.2) is 0 Å². The van der Waals surface area contributed by atoms with Crippen LogP contribution >= 0.6 is 27.5 Å². The number of halogens is 2. The number of hydrogen-bond acceptors (Lipinski definition) is 4. The normalized spacial score (nSPS) is 20.5. The molecule has 3 aromatic rings. The number of nitrogens with zero attached hydrogens (tertiary/aromatic N) is 3. The minimum Gasteiger partial charge on any atom is -0.464 e. The molecule has 0 fully saturated rings. The molecule has 2 aromatic carbocycles. The van der Waals surface area contributed by atoms with E-state index < -0.39 is 0 Å². The third-order valence-electron chi connectivity index (χ3n) is 4.92. The van der Waals surface area contributed by atoms with Gasteiger partial charge in [-0.05, 0) is 48.0 Å². The largest absolute Gasteiger partial charge is 0.464 e. The Morgan fingerprint density at radius 1 is 1.04 bits per heavy atom. The van der Waals surface area contributed by atoms with Gasteiger partial charge in [-0.2, -0.15) is 5.10 Å². The molecule has 0 saturated heterocycles. The first-order valence-electron chi connectivity index (χ1n) is 8.67. The molecule has 0 bridgehead atoms. The zero-order valence-corrected chi connectivity index (χ0v) is 16.6. The maximum absolute atomic E-state index is 6.34. The Morgan fingerprint density at radius 3 is 2.59 bits per heavy atom. The van der Waals surface area contributed by atoms with Crippen molar-refractivity contribution in [2.75, 3.05) is 0 Å². The van der Waals surface area contributed by atoms with E-state index in [1.807, 2.05) is 48.5 Å². The van der Waals surface area contributed by atoms with Gasteiger partial charge >= 0.3 is 0 Å². The Labute approximate surface area is 170 Å². The third-order valence-corrected chi connectivity index (χ3v) is 5.67. The summed E-state index contributed by atoms with van der Waals surface area (Å²) in [5.74, 6) is 0.897. The Bertz CT molecular complexity index is 1020. The average Bonchev–Trinajstić information content (AvgIpc) is 3.14. The molecule has 134 valence electrons. The van der Waals surface area contributed by atoms with Gasteiger partial charge in [-0.1, -0.05) is 39.7 Å². The van der Waals surface area contributed by atoms with Crippen molar-refractivity contribution in [1.82, 2.24) is 9.99 Å². The van der Waals surface area contributed by atoms with Gasteiger partial charge in [0.1, 0.15) is 5.75 Å². The van der Waals surface area contributed by atoms with Crippen LogP contribution in [0.3, 0.4) is 0 Å². The van der Waals surface area contributed by atoms with Crippen molar-refractivity contribution < 1.29 is 4.74 Å². The third kappa shape index (κ3) is 3.01. The Morgan fingerprint density at radius 2 is 1.81 bits per heavy atom. The van der Waals surface area contributed by atoms with Crippen molar-refractivity contribution in [2.24, 2.45) is 5.10 Å². The molecular formula is C21H15BrClN3O. The van der Waals surface area contributed by atoms with Gasteiger partial charge in [-0.25, -0.2) is 5.01 Å². The van der Waals surface area contributed by atoms with Gasteiger partial charge in [-0.3, -0.25) is 4.98 Å². The van der Waals surface area contributed by atoms with Crippen LogP contribution in [-0.2, 0) is 0 Å². The minimum atomic E-state index is -0.281. The highest BCUT2D eigenvalue weighted by atomic mass is 79.9. The Hall–Kier alpha value is -2.37. The molecule has 5 rings (SSSR count). The van der Waals surface area contributed by atoms with Crippen LogP contribution in [0.2, 0.25) is 5.02 Å². The number of fused-ring (bicyclic) bond motifs is 3. The zero-order valence-electron chi connectivity index (χ0n) is 14.2. The van der Waals surface area contributed by atoms with Crippen LogP contribution < -0.4 is 4.74 Å². The van der Waals surface area contributed by atoms with E-state index in [1.165, 1.54) is 0 Å². The van der Waals surface area contributed by atoms with E-state index >= 15 is 0 Å². The van der Waals surface area contributed by atoms with Crippen molar-refractivity contribution >= 4 is 33.2 Å². The van der Waals surface area contributed by atoms with Gasteiger partial charge in [0.25, 0.3) is 0 Å². The number of aromatic nitrogens is 1. The predicted molar refractivity (Wildman–Crippen MR) is 109 cm³/mol. The molecule has 2 atom stereocenters. The van der Waals surface area contributed by atoms with Crippen molar-refractivity contribution in [3.8, 4) is 5.75 Å². The van der Waals surface area contributed by atoms with Gasteiger partial charge in [0, 0.05) is 39.4 Å². The van der Waals surface area contributed by atoms with Crippen molar-refractivity contribution in [3.63, 3.8) is 0 Å². The highest BCUT2D eigenvalue weighted by Crippen LogP contribution is 2.48. The van der Waals surface area contributed by atoms with Crippen LogP contribution in [0.4, 0.5) is 0 Å². The maximum Gasteiger partial charge on any atom is 0.213 e. The fourth-order valence-electron chi connectivity index (χ4n) is 3.62. The fraction of sp³-hybridized carbons (Fsp3) is 0.143. The summed E-state index contributed by atoms with van der Waals surface area (Å²) in [4.78, 5) is 4.12. The quantitative estimate of drug-likeness (QED) is 0.510. The molecule has 1 aromatic heterocycles. The lowest BCUT2D eigenvalue weighted by Crippen LogP contribution is -2.33. The van der Waals surface area contributed by atoms with Crippen LogP contribution in [0, 0.1) is 0 Å². The van der Waals surface area contributed by atoms with Crippen LogP contribution in [0.25, 0.3) is 0 Å². The molecular weight excluding hydrogens is 426 g/mol. The summed E-state index contributed by atoms with van der Waals surface area (Å²) < 4.78 is 7.37. The van der Waals surface area contributed by atoms with Crippen LogP contribution in [-0.4, -0.2) is 15.7 Å². The molecule has 3 heterocycles.